The zero-order valence-corrected chi connectivity index (χ0v) is 21.1. The molecule has 2 saturated heterocycles. The van der Waals surface area contributed by atoms with Crippen molar-refractivity contribution in [3.05, 3.63) is 23.8 Å². The average molecular weight is 494 g/mol. The van der Waals surface area contributed by atoms with Crippen molar-refractivity contribution in [2.24, 2.45) is 5.92 Å². The summed E-state index contributed by atoms with van der Waals surface area (Å²) < 4.78 is 16.4. The first-order chi connectivity index (χ1) is 16.6. The maximum atomic E-state index is 13.1. The molecule has 2 aliphatic heterocycles. The van der Waals surface area contributed by atoms with Gasteiger partial charge in [0.15, 0.2) is 0 Å². The van der Waals surface area contributed by atoms with Gasteiger partial charge in [-0.25, -0.2) is 4.79 Å². The van der Waals surface area contributed by atoms with Gasteiger partial charge in [0.2, 0.25) is 5.79 Å². The molecule has 0 radical (unpaired) electrons. The minimum absolute atomic E-state index is 0.238. The molecule has 7 unspecified atom stereocenters. The molecule has 0 saturated carbocycles. The lowest BCUT2D eigenvalue weighted by molar-refractivity contribution is -0.259. The molecule has 9 heteroatoms. The number of ether oxygens (including phenoxy) is 3. The Kier molecular flexibility index (Phi) is 9.26. The Morgan fingerprint density at radius 1 is 1.20 bits per heavy atom. The van der Waals surface area contributed by atoms with Crippen molar-refractivity contribution in [1.82, 2.24) is 4.90 Å². The minimum Gasteiger partial charge on any atom is -0.457 e. The lowest BCUT2D eigenvalue weighted by atomic mass is 9.87. The zero-order chi connectivity index (χ0) is 25.8. The van der Waals surface area contributed by atoms with E-state index in [9.17, 15) is 24.6 Å². The Labute approximate surface area is 207 Å². The van der Waals surface area contributed by atoms with Crippen LogP contribution in [0.25, 0.3) is 0 Å². The van der Waals surface area contributed by atoms with E-state index >= 15 is 0 Å². The van der Waals surface area contributed by atoms with Crippen LogP contribution in [0.3, 0.4) is 0 Å². The number of Topliss-reactive ketones (excluding diaryl/α,β-unsaturated/α-hetero) is 1. The van der Waals surface area contributed by atoms with Crippen LogP contribution in [-0.4, -0.2) is 82.7 Å². The highest BCUT2D eigenvalue weighted by atomic mass is 16.6. The number of likely N-dealkylation sites (tertiary alicyclic amines) is 1. The lowest BCUT2D eigenvalue weighted by Gasteiger charge is -2.41. The molecule has 2 N–H and O–H groups in total. The van der Waals surface area contributed by atoms with Crippen molar-refractivity contribution in [2.75, 3.05) is 13.7 Å². The molecular weight excluding hydrogens is 454 g/mol. The van der Waals surface area contributed by atoms with E-state index in [4.69, 9.17) is 14.2 Å². The summed E-state index contributed by atoms with van der Waals surface area (Å²) in [6.45, 7) is 5.40. The van der Waals surface area contributed by atoms with Crippen molar-refractivity contribution < 1.29 is 38.8 Å². The van der Waals surface area contributed by atoms with Gasteiger partial charge in [0.1, 0.15) is 18.2 Å². The molecule has 3 rings (SSSR count). The van der Waals surface area contributed by atoms with Gasteiger partial charge in [-0.05, 0) is 70.4 Å². The first-order valence-corrected chi connectivity index (χ1v) is 12.6. The number of rotatable bonds is 7. The average Bonchev–Trinajstić information content (AvgIpc) is 2.85. The Morgan fingerprint density at radius 2 is 1.94 bits per heavy atom. The summed E-state index contributed by atoms with van der Waals surface area (Å²) in [5, 5.41) is 20.8. The molecule has 3 aliphatic rings. The molecule has 35 heavy (non-hydrogen) atoms. The van der Waals surface area contributed by atoms with Gasteiger partial charge in [-0.1, -0.05) is 19.1 Å². The van der Waals surface area contributed by atoms with Crippen molar-refractivity contribution >= 4 is 17.7 Å². The highest BCUT2D eigenvalue weighted by molar-refractivity contribution is 6.39. The first kappa shape index (κ1) is 27.5. The summed E-state index contributed by atoms with van der Waals surface area (Å²) in [6.07, 6.45) is 7.95. The van der Waals surface area contributed by atoms with Crippen LogP contribution in [0.1, 0.15) is 65.7 Å². The highest BCUT2D eigenvalue weighted by Crippen LogP contribution is 2.34. The summed E-state index contributed by atoms with van der Waals surface area (Å²) in [5.74, 6) is -5.22. The standard InChI is InChI=1S/C26H39NO8/c1-16-8-9-18(3)35-26(16,32)23(29)24(30)27-14-6-5-7-20(27)25(31)34-17(2)10-11-19-12-13-21(28)22(15-19)33-4/h10-11,15-18,20-22,28,32H,5-9,12-14H2,1-4H3/b11-10+. The molecule has 1 aliphatic carbocycles. The third-order valence-corrected chi connectivity index (χ3v) is 7.25. The van der Waals surface area contributed by atoms with Crippen LogP contribution in [0.5, 0.6) is 0 Å². The summed E-state index contributed by atoms with van der Waals surface area (Å²) in [5.41, 5.74) is 0.981. The number of aliphatic hydroxyl groups is 2. The van der Waals surface area contributed by atoms with E-state index in [1.54, 1.807) is 34.0 Å². The number of aliphatic hydroxyl groups excluding tert-OH is 1. The fraction of sp³-hybridized carbons (Fsp3) is 0.731. The van der Waals surface area contributed by atoms with Gasteiger partial charge in [-0.3, -0.25) is 9.59 Å². The number of carbonyl (C=O) groups excluding carboxylic acids is 3. The number of methoxy groups -OCH3 is 1. The van der Waals surface area contributed by atoms with Crippen LogP contribution in [0.4, 0.5) is 0 Å². The van der Waals surface area contributed by atoms with E-state index in [1.807, 2.05) is 12.2 Å². The number of piperidine rings is 1. The largest absolute Gasteiger partial charge is 0.457 e. The van der Waals surface area contributed by atoms with Gasteiger partial charge < -0.3 is 29.3 Å². The molecule has 0 aromatic heterocycles. The minimum atomic E-state index is -2.18. The molecular formula is C26H39NO8. The summed E-state index contributed by atoms with van der Waals surface area (Å²) in [7, 11) is 1.55. The van der Waals surface area contributed by atoms with Crippen LogP contribution < -0.4 is 0 Å². The number of hydrogen-bond acceptors (Lipinski definition) is 8. The number of carbonyl (C=O) groups is 3. The predicted octanol–water partition coefficient (Wildman–Crippen LogP) is 2.04. The van der Waals surface area contributed by atoms with Crippen LogP contribution >= 0.6 is 0 Å². The van der Waals surface area contributed by atoms with Crippen LogP contribution in [0.15, 0.2) is 23.8 Å². The number of amides is 1. The molecule has 0 aromatic rings. The van der Waals surface area contributed by atoms with Crippen LogP contribution in [0.2, 0.25) is 0 Å². The quantitative estimate of drug-likeness (QED) is 0.408. The third kappa shape index (κ3) is 6.39. The Hall–Kier alpha value is -2.07. The molecule has 0 aromatic carbocycles. The topological polar surface area (TPSA) is 123 Å². The maximum Gasteiger partial charge on any atom is 0.329 e. The summed E-state index contributed by atoms with van der Waals surface area (Å²) in [6, 6.07) is -0.891. The van der Waals surface area contributed by atoms with E-state index in [2.05, 4.69) is 0 Å². The van der Waals surface area contributed by atoms with Crippen molar-refractivity contribution in [2.45, 2.75) is 102 Å². The predicted molar refractivity (Wildman–Crippen MR) is 127 cm³/mol. The van der Waals surface area contributed by atoms with Gasteiger partial charge in [-0.2, -0.15) is 0 Å². The second kappa shape index (κ2) is 11.8. The smallest absolute Gasteiger partial charge is 0.329 e. The van der Waals surface area contributed by atoms with Crippen LogP contribution in [0, 0.1) is 5.92 Å². The van der Waals surface area contributed by atoms with Crippen molar-refractivity contribution in [1.29, 1.82) is 0 Å². The van der Waals surface area contributed by atoms with Crippen LogP contribution in [-0.2, 0) is 28.6 Å². The number of ketones is 1. The zero-order valence-electron chi connectivity index (χ0n) is 21.1. The monoisotopic (exact) mass is 493 g/mol. The molecule has 1 amide bonds. The first-order valence-electron chi connectivity index (χ1n) is 12.6. The van der Waals surface area contributed by atoms with Gasteiger partial charge in [0.05, 0.1) is 12.2 Å². The van der Waals surface area contributed by atoms with E-state index in [0.717, 1.165) is 12.0 Å². The van der Waals surface area contributed by atoms with Gasteiger partial charge >= 0.3 is 5.97 Å². The Bertz CT molecular complexity index is 854. The normalized spacial score (nSPS) is 34.9. The molecule has 7 atom stereocenters. The highest BCUT2D eigenvalue weighted by Gasteiger charge is 2.52. The number of hydrogen-bond donors (Lipinski definition) is 2. The molecule has 196 valence electrons. The maximum absolute atomic E-state index is 13.1. The Morgan fingerprint density at radius 3 is 2.66 bits per heavy atom. The van der Waals surface area contributed by atoms with Crippen molar-refractivity contribution in [3.63, 3.8) is 0 Å². The second-order valence-corrected chi connectivity index (χ2v) is 9.99. The third-order valence-electron chi connectivity index (χ3n) is 7.25. The fourth-order valence-electron chi connectivity index (χ4n) is 4.95. The fourth-order valence-corrected chi connectivity index (χ4v) is 4.95. The number of nitrogens with zero attached hydrogens (tertiary/aromatic N) is 1. The lowest BCUT2D eigenvalue weighted by Crippen LogP contribution is -2.60. The molecule has 9 nitrogen and oxygen atoms in total. The van der Waals surface area contributed by atoms with E-state index < -0.39 is 47.6 Å². The van der Waals surface area contributed by atoms with Crippen molar-refractivity contribution in [3.8, 4) is 0 Å². The summed E-state index contributed by atoms with van der Waals surface area (Å²) >= 11 is 0. The molecule has 0 bridgehead atoms. The molecule has 0 spiro atoms. The van der Waals surface area contributed by atoms with E-state index in [0.29, 0.717) is 38.5 Å². The van der Waals surface area contributed by atoms with Gasteiger partial charge in [-0.15, -0.1) is 0 Å². The SMILES string of the molecule is COC1C=C(/C=C/C(C)OC(=O)C2CCCCN2C(=O)C(=O)C2(O)OC(C)CCC2C)CCC1O. The Balaban J connectivity index is 1.65. The van der Waals surface area contributed by atoms with E-state index in [1.165, 1.54) is 4.90 Å². The van der Waals surface area contributed by atoms with Gasteiger partial charge in [0, 0.05) is 19.6 Å². The van der Waals surface area contributed by atoms with E-state index in [-0.39, 0.29) is 18.8 Å². The molecule has 2 heterocycles. The summed E-state index contributed by atoms with van der Waals surface area (Å²) in [4.78, 5) is 40.4. The molecule has 2 fully saturated rings. The number of esters is 1. The number of allylic oxidation sites excluding steroid dienone is 2. The van der Waals surface area contributed by atoms with Gasteiger partial charge in [0.25, 0.3) is 11.7 Å². The second-order valence-electron chi connectivity index (χ2n) is 9.99.